The Hall–Kier alpha value is 1.13. The second kappa shape index (κ2) is 4160. The Morgan fingerprint density at radius 3 is 0.222 bits per heavy atom. The molecular formula is H35ClO16Sr. The van der Waals surface area contributed by atoms with Crippen LogP contribution < -0.4 is 0 Å². The molecule has 32 N–H and O–H groups in total. The summed E-state index contributed by atoms with van der Waals surface area (Å²) in [5.41, 5.74) is 0. The predicted octanol–water partition coefficient (Wildman–Crippen LogP) is -12.9. The van der Waals surface area contributed by atoms with Gasteiger partial charge in [-0.1, -0.05) is 0 Å². The maximum atomic E-state index is 0. The monoisotopic (exact) mass is 414 g/mol. The van der Waals surface area contributed by atoms with E-state index in [2.05, 4.69) is 0 Å². The fraction of sp³-hybridized carbons (Fsp3) is 0. The van der Waals surface area contributed by atoms with Crippen LogP contribution in [0.5, 0.6) is 0 Å². The van der Waals surface area contributed by atoms with Crippen LogP contribution in [-0.4, -0.2) is 133 Å². The van der Waals surface area contributed by atoms with E-state index in [0.29, 0.717) is 0 Å². The molecule has 0 radical (unpaired) electrons. The third-order valence-electron chi connectivity index (χ3n) is 0. The molecule has 0 fully saturated rings. The molecule has 0 rings (SSSR count). The molecule has 0 saturated carbocycles. The zero-order valence-electron chi connectivity index (χ0n) is 11.1. The first kappa shape index (κ1) is 4920. The van der Waals surface area contributed by atoms with Crippen molar-refractivity contribution in [3.8, 4) is 0 Å². The maximum absolute atomic E-state index is 0. The van der Waals surface area contributed by atoms with E-state index in [4.69, 9.17) is 0 Å². The first-order valence-electron chi connectivity index (χ1n) is 0. The van der Waals surface area contributed by atoms with Crippen LogP contribution in [0.3, 0.4) is 0 Å². The fourth-order valence-electron chi connectivity index (χ4n) is 0. The van der Waals surface area contributed by atoms with Crippen molar-refractivity contribution in [1.29, 1.82) is 0 Å². The summed E-state index contributed by atoms with van der Waals surface area (Å²) in [5.74, 6) is 0. The van der Waals surface area contributed by atoms with Gasteiger partial charge in [0.2, 0.25) is 0 Å². The van der Waals surface area contributed by atoms with Gasteiger partial charge in [-0.3, -0.25) is 0 Å². The number of hydrogen-bond acceptors (Lipinski definition) is 0. The maximum Gasteiger partial charge on any atom is 2.00 e. The fourth-order valence-corrected chi connectivity index (χ4v) is 0. The van der Waals surface area contributed by atoms with Crippen LogP contribution >= 0.6 is 12.4 Å². The van der Waals surface area contributed by atoms with Gasteiger partial charge >= 0.3 is 45.5 Å². The van der Waals surface area contributed by atoms with Crippen molar-refractivity contribution in [2.75, 3.05) is 0 Å². The second-order valence-corrected chi connectivity index (χ2v) is 0. The third-order valence-corrected chi connectivity index (χ3v) is 0. The smallest absolute Gasteiger partial charge is 1.00 e. The summed E-state index contributed by atoms with van der Waals surface area (Å²) in [6.07, 6.45) is 0. The zero-order chi connectivity index (χ0) is 0. The largest absolute Gasteiger partial charge is 2.00 e. The molecule has 0 aromatic rings. The number of hydrogen-bond donors (Lipinski definition) is 0. The molecule has 0 atom stereocenters. The van der Waals surface area contributed by atoms with E-state index in [9.17, 15) is 0 Å². The molecule has 0 unspecified atom stereocenters. The van der Waals surface area contributed by atoms with Gasteiger partial charge in [0, 0.05) is 0 Å². The minimum absolute atomic E-state index is 0. The molecular weight excluding hydrogens is 379 g/mol. The Kier molecular flexibility index (Phi) is 1140000. The molecule has 0 aliphatic carbocycles. The Morgan fingerprint density at radius 2 is 0.222 bits per heavy atom. The van der Waals surface area contributed by atoms with Crippen molar-refractivity contribution in [3.05, 3.63) is 0 Å². The molecule has 0 aromatic heterocycles. The van der Waals surface area contributed by atoms with Crippen molar-refractivity contribution in [1.82, 2.24) is 0 Å². The molecule has 18 heteroatoms. The van der Waals surface area contributed by atoms with Crippen LogP contribution in [0.1, 0.15) is 2.85 Å². The van der Waals surface area contributed by atoms with Crippen LogP contribution in [0.15, 0.2) is 0 Å². The zero-order valence-corrected chi connectivity index (χ0v) is 13.4. The van der Waals surface area contributed by atoms with Crippen molar-refractivity contribution < 1.29 is 90.5 Å². The molecule has 18 heavy (non-hydrogen) atoms. The van der Waals surface area contributed by atoms with E-state index in [1.54, 1.807) is 0 Å². The minimum Gasteiger partial charge on any atom is -1.00 e. The average Bonchev–Trinajstić information content (AvgIpc) is 0. The summed E-state index contributed by atoms with van der Waals surface area (Å²) >= 11 is 0. The van der Waals surface area contributed by atoms with Gasteiger partial charge in [-0.15, -0.1) is 12.4 Å². The summed E-state index contributed by atoms with van der Waals surface area (Å²) in [7, 11) is 0. The van der Waals surface area contributed by atoms with Crippen molar-refractivity contribution in [2.24, 2.45) is 0 Å². The van der Waals surface area contributed by atoms with Gasteiger partial charge in [0.05, 0.1) is 0 Å². The third kappa shape index (κ3) is 3490. The van der Waals surface area contributed by atoms with Crippen LogP contribution in [0, 0.1) is 0 Å². The van der Waals surface area contributed by atoms with E-state index in [-0.39, 0.29) is 148 Å². The Balaban J connectivity index is 0. The molecule has 0 heterocycles. The van der Waals surface area contributed by atoms with Crippen molar-refractivity contribution in [3.63, 3.8) is 0 Å². The van der Waals surface area contributed by atoms with Gasteiger partial charge in [-0.25, -0.2) is 0 Å². The number of halogens is 1. The van der Waals surface area contributed by atoms with E-state index in [0.717, 1.165) is 0 Å². The van der Waals surface area contributed by atoms with Crippen molar-refractivity contribution in [2.45, 2.75) is 0 Å². The molecule has 0 amide bonds. The molecule has 0 bridgehead atoms. The minimum atomic E-state index is 0. The van der Waals surface area contributed by atoms with E-state index >= 15 is 0 Å². The SMILES string of the molecule is Cl.O.O.O.O.O.O.O.O.O.O.O.O.O.O.O.O.[H-].[H-].[Sr+2]. The molecule has 140 valence electrons. The van der Waals surface area contributed by atoms with Gasteiger partial charge in [0.25, 0.3) is 0 Å². The summed E-state index contributed by atoms with van der Waals surface area (Å²) in [5, 5.41) is 0. The van der Waals surface area contributed by atoms with Crippen LogP contribution in [0.2, 0.25) is 0 Å². The summed E-state index contributed by atoms with van der Waals surface area (Å²) in [6.45, 7) is 0. The van der Waals surface area contributed by atoms with Gasteiger partial charge in [0.1, 0.15) is 0 Å². The van der Waals surface area contributed by atoms with Crippen molar-refractivity contribution >= 4 is 57.9 Å². The standard InChI is InChI=1S/ClH.16H2O.Sr.2H/h1H;16*1H2;;;/q;;;;;;;;;;;;;;;;;+2;2*-1. The summed E-state index contributed by atoms with van der Waals surface area (Å²) in [4.78, 5) is 0. The molecule has 0 saturated heterocycles. The Labute approximate surface area is 148 Å². The Bertz CT molecular complexity index is 20.4. The molecule has 0 aliphatic rings. The average molecular weight is 414 g/mol. The van der Waals surface area contributed by atoms with Crippen LogP contribution in [-0.2, 0) is 0 Å². The molecule has 0 aliphatic heterocycles. The molecule has 0 spiro atoms. The molecule has 0 aromatic carbocycles. The van der Waals surface area contributed by atoms with E-state index < -0.39 is 0 Å². The van der Waals surface area contributed by atoms with Gasteiger partial charge in [-0.05, 0) is 0 Å². The Morgan fingerprint density at radius 1 is 0.222 bits per heavy atom. The first-order valence-corrected chi connectivity index (χ1v) is 0. The van der Waals surface area contributed by atoms with Crippen LogP contribution in [0.4, 0.5) is 0 Å². The van der Waals surface area contributed by atoms with E-state index in [1.807, 2.05) is 0 Å². The second-order valence-electron chi connectivity index (χ2n) is 0. The van der Waals surface area contributed by atoms with E-state index in [1.165, 1.54) is 0 Å². The van der Waals surface area contributed by atoms with Crippen LogP contribution in [0.25, 0.3) is 0 Å². The van der Waals surface area contributed by atoms with Gasteiger partial charge < -0.3 is 90.5 Å². The summed E-state index contributed by atoms with van der Waals surface area (Å²) < 4.78 is 0. The van der Waals surface area contributed by atoms with Gasteiger partial charge in [-0.2, -0.15) is 0 Å². The first-order chi connectivity index (χ1) is 0. The predicted molar refractivity (Wildman–Crippen MR) is 73.0 cm³/mol. The number of rotatable bonds is 0. The topological polar surface area (TPSA) is 504 Å². The quantitative estimate of drug-likeness (QED) is 0.333. The summed E-state index contributed by atoms with van der Waals surface area (Å²) in [6, 6.07) is 0. The van der Waals surface area contributed by atoms with Gasteiger partial charge in [0.15, 0.2) is 0 Å². The normalized spacial score (nSPS) is 0. The molecule has 16 nitrogen and oxygen atoms in total.